The second-order valence-electron chi connectivity index (χ2n) is 2.68. The predicted octanol–water partition coefficient (Wildman–Crippen LogP) is 1.53. The summed E-state index contributed by atoms with van der Waals surface area (Å²) in [5.74, 6) is 0. The lowest BCUT2D eigenvalue weighted by atomic mass is 10.3. The summed E-state index contributed by atoms with van der Waals surface area (Å²) in [7, 11) is 0. The first-order chi connectivity index (χ1) is 6.58. The number of fused-ring (bicyclic) bond motifs is 1. The molecule has 0 saturated carbocycles. The fourth-order valence-electron chi connectivity index (χ4n) is 1.23. The number of rotatable bonds is 1. The Morgan fingerprint density at radius 1 is 1.36 bits per heavy atom. The van der Waals surface area contributed by atoms with Crippen LogP contribution in [0.4, 0.5) is 5.69 Å². The van der Waals surface area contributed by atoms with E-state index in [1.807, 2.05) is 0 Å². The van der Waals surface area contributed by atoms with Crippen LogP contribution in [-0.4, -0.2) is 14.9 Å². The summed E-state index contributed by atoms with van der Waals surface area (Å²) in [6, 6.07) is 2.94. The van der Waals surface area contributed by atoms with Gasteiger partial charge < -0.3 is 9.97 Å². The van der Waals surface area contributed by atoms with Crippen molar-refractivity contribution in [3.8, 4) is 0 Å². The van der Waals surface area contributed by atoms with Crippen molar-refractivity contribution in [2.75, 3.05) is 0 Å². The van der Waals surface area contributed by atoms with Crippen molar-refractivity contribution in [1.29, 1.82) is 0 Å². The molecule has 2 aromatic rings. The molecule has 6 nitrogen and oxygen atoms in total. The Hall–Kier alpha value is -1.63. The van der Waals surface area contributed by atoms with Crippen molar-refractivity contribution >= 4 is 32.7 Å². The van der Waals surface area contributed by atoms with Crippen molar-refractivity contribution in [2.45, 2.75) is 0 Å². The van der Waals surface area contributed by atoms with E-state index in [1.54, 1.807) is 6.07 Å². The van der Waals surface area contributed by atoms with Gasteiger partial charge in [-0.2, -0.15) is 0 Å². The van der Waals surface area contributed by atoms with E-state index in [0.717, 1.165) is 0 Å². The minimum Gasteiger partial charge on any atom is -0.305 e. The zero-order valence-corrected chi connectivity index (χ0v) is 8.29. The van der Waals surface area contributed by atoms with Gasteiger partial charge in [-0.1, -0.05) is 15.9 Å². The van der Waals surface area contributed by atoms with Gasteiger partial charge in [0.2, 0.25) is 0 Å². The van der Waals surface area contributed by atoms with E-state index in [9.17, 15) is 14.9 Å². The Morgan fingerprint density at radius 2 is 2.07 bits per heavy atom. The van der Waals surface area contributed by atoms with E-state index in [4.69, 9.17) is 0 Å². The van der Waals surface area contributed by atoms with Gasteiger partial charge >= 0.3 is 5.69 Å². The molecule has 0 aliphatic rings. The predicted molar refractivity (Wildman–Crippen MR) is 53.3 cm³/mol. The van der Waals surface area contributed by atoms with Crippen LogP contribution in [0.5, 0.6) is 0 Å². The minimum absolute atomic E-state index is 0.132. The van der Waals surface area contributed by atoms with Crippen molar-refractivity contribution in [3.63, 3.8) is 0 Å². The van der Waals surface area contributed by atoms with Crippen LogP contribution in [0, 0.1) is 10.1 Å². The smallest absolute Gasteiger partial charge is 0.305 e. The Bertz CT molecular complexity index is 571. The fourth-order valence-corrected chi connectivity index (χ4v) is 1.68. The van der Waals surface area contributed by atoms with Gasteiger partial charge in [0.05, 0.1) is 10.4 Å². The molecule has 0 aliphatic carbocycles. The molecular weight excluding hydrogens is 254 g/mol. The van der Waals surface area contributed by atoms with E-state index in [1.165, 1.54) is 6.07 Å². The molecular formula is C7H4BrN3O3. The highest BCUT2D eigenvalue weighted by Gasteiger charge is 2.15. The summed E-state index contributed by atoms with van der Waals surface area (Å²) in [5, 5.41) is 10.6. The highest BCUT2D eigenvalue weighted by atomic mass is 79.9. The number of nitrogens with one attached hydrogen (secondary N) is 2. The van der Waals surface area contributed by atoms with Crippen LogP contribution in [-0.2, 0) is 0 Å². The average Bonchev–Trinajstić information content (AvgIpc) is 2.42. The number of imidazole rings is 1. The van der Waals surface area contributed by atoms with E-state index in [2.05, 4.69) is 25.9 Å². The standard InChI is InChI=1S/C7H4BrN3O3/c8-3-1-4-6(10-7(12)9-4)5(2-3)11(13)14/h1-2H,(H2,9,10,12). The number of non-ortho nitro benzene ring substituents is 1. The number of nitro groups is 1. The van der Waals surface area contributed by atoms with Gasteiger partial charge in [-0.05, 0) is 6.07 Å². The Balaban J connectivity index is 2.92. The molecule has 2 rings (SSSR count). The molecule has 0 aliphatic heterocycles. The van der Waals surface area contributed by atoms with Crippen LogP contribution < -0.4 is 5.69 Å². The van der Waals surface area contributed by atoms with Crippen molar-refractivity contribution in [1.82, 2.24) is 9.97 Å². The second-order valence-corrected chi connectivity index (χ2v) is 3.60. The summed E-state index contributed by atoms with van der Waals surface area (Å²) in [6.07, 6.45) is 0. The maximum absolute atomic E-state index is 10.9. The molecule has 0 fully saturated rings. The van der Waals surface area contributed by atoms with Crippen molar-refractivity contribution < 1.29 is 4.92 Å². The first-order valence-electron chi connectivity index (χ1n) is 3.64. The summed E-state index contributed by atoms with van der Waals surface area (Å²) in [6.45, 7) is 0. The average molecular weight is 258 g/mol. The third-order valence-corrected chi connectivity index (χ3v) is 2.22. The zero-order chi connectivity index (χ0) is 10.3. The van der Waals surface area contributed by atoms with Crippen LogP contribution in [0.15, 0.2) is 21.4 Å². The molecule has 0 amide bonds. The number of aromatic amines is 2. The van der Waals surface area contributed by atoms with Crippen molar-refractivity contribution in [3.05, 3.63) is 37.2 Å². The summed E-state index contributed by atoms with van der Waals surface area (Å²) in [4.78, 5) is 25.8. The third kappa shape index (κ3) is 1.31. The number of nitrogens with zero attached hydrogens (tertiary/aromatic N) is 1. The molecule has 72 valence electrons. The van der Waals surface area contributed by atoms with Gasteiger partial charge in [-0.25, -0.2) is 4.79 Å². The molecule has 1 heterocycles. The largest absolute Gasteiger partial charge is 0.324 e. The lowest BCUT2D eigenvalue weighted by molar-refractivity contribution is -0.383. The van der Waals surface area contributed by atoms with E-state index in [-0.39, 0.29) is 11.2 Å². The van der Waals surface area contributed by atoms with Gasteiger partial charge in [-0.15, -0.1) is 0 Å². The van der Waals surface area contributed by atoms with Gasteiger partial charge in [-0.3, -0.25) is 10.1 Å². The molecule has 0 unspecified atom stereocenters. The fraction of sp³-hybridized carbons (Fsp3) is 0. The highest BCUT2D eigenvalue weighted by Crippen LogP contribution is 2.26. The van der Waals surface area contributed by atoms with Crippen LogP contribution in [0.1, 0.15) is 0 Å². The molecule has 1 aromatic heterocycles. The number of hydrogen-bond donors (Lipinski definition) is 2. The van der Waals surface area contributed by atoms with E-state index in [0.29, 0.717) is 9.99 Å². The van der Waals surface area contributed by atoms with Crippen LogP contribution in [0.3, 0.4) is 0 Å². The first-order valence-corrected chi connectivity index (χ1v) is 4.43. The van der Waals surface area contributed by atoms with E-state index < -0.39 is 10.6 Å². The zero-order valence-electron chi connectivity index (χ0n) is 6.70. The molecule has 0 spiro atoms. The Morgan fingerprint density at radius 3 is 2.71 bits per heavy atom. The molecule has 0 radical (unpaired) electrons. The quantitative estimate of drug-likeness (QED) is 0.600. The summed E-state index contributed by atoms with van der Waals surface area (Å²) < 4.78 is 0.548. The topological polar surface area (TPSA) is 91.8 Å². The molecule has 0 atom stereocenters. The molecule has 1 aromatic carbocycles. The third-order valence-electron chi connectivity index (χ3n) is 1.77. The summed E-state index contributed by atoms with van der Waals surface area (Å²) in [5.41, 5.74) is 0.0354. The maximum Gasteiger partial charge on any atom is 0.324 e. The van der Waals surface area contributed by atoms with Crippen LogP contribution >= 0.6 is 15.9 Å². The van der Waals surface area contributed by atoms with Crippen molar-refractivity contribution in [2.24, 2.45) is 0 Å². The highest BCUT2D eigenvalue weighted by molar-refractivity contribution is 9.10. The lowest BCUT2D eigenvalue weighted by Crippen LogP contribution is -1.99. The molecule has 0 saturated heterocycles. The summed E-state index contributed by atoms with van der Waals surface area (Å²) >= 11 is 3.12. The number of H-pyrrole nitrogens is 2. The number of aromatic nitrogens is 2. The van der Waals surface area contributed by atoms with Gasteiger partial charge in [0.15, 0.2) is 0 Å². The van der Waals surface area contributed by atoms with Crippen LogP contribution in [0.2, 0.25) is 0 Å². The lowest BCUT2D eigenvalue weighted by Gasteiger charge is -1.94. The number of halogens is 1. The van der Waals surface area contributed by atoms with Gasteiger partial charge in [0, 0.05) is 10.5 Å². The minimum atomic E-state index is -0.545. The number of hydrogen-bond acceptors (Lipinski definition) is 3. The molecule has 7 heteroatoms. The van der Waals surface area contributed by atoms with E-state index >= 15 is 0 Å². The van der Waals surface area contributed by atoms with Gasteiger partial charge in [0.1, 0.15) is 5.52 Å². The molecule has 0 bridgehead atoms. The normalized spacial score (nSPS) is 10.6. The number of nitro benzene ring substituents is 1. The van der Waals surface area contributed by atoms with Gasteiger partial charge in [0.25, 0.3) is 5.69 Å². The van der Waals surface area contributed by atoms with Crippen LogP contribution in [0.25, 0.3) is 11.0 Å². The first kappa shape index (κ1) is 8.95. The number of benzene rings is 1. The SMILES string of the molecule is O=c1[nH]c2cc(Br)cc([N+](=O)[O-])c2[nH]1. The second kappa shape index (κ2) is 2.95. The Labute approximate surface area is 85.2 Å². The monoisotopic (exact) mass is 257 g/mol. The maximum atomic E-state index is 10.9. The Kier molecular flexibility index (Phi) is 1.88. The molecule has 2 N–H and O–H groups in total. The molecule has 14 heavy (non-hydrogen) atoms.